The number of allylic oxidation sites excluding steroid dienone is 1. The van der Waals surface area contributed by atoms with Gasteiger partial charge in [0, 0.05) is 6.54 Å². The third kappa shape index (κ3) is 4.04. The Morgan fingerprint density at radius 2 is 2.18 bits per heavy atom. The van der Waals surface area contributed by atoms with Crippen LogP contribution in [0.15, 0.2) is 12.2 Å². The Kier molecular flexibility index (Phi) is 4.57. The Hall–Kier alpha value is -1.03. The SMILES string of the molecule is C/C=C\[C@@H]1C[C@@H](CO)N(C(=O)OC(C)(C)C)C1. The van der Waals surface area contributed by atoms with Gasteiger partial charge >= 0.3 is 6.09 Å². The number of aliphatic hydroxyl groups excluding tert-OH is 1. The summed E-state index contributed by atoms with van der Waals surface area (Å²) in [6, 6.07) is -0.119. The summed E-state index contributed by atoms with van der Waals surface area (Å²) in [4.78, 5) is 13.6. The van der Waals surface area contributed by atoms with Crippen LogP contribution in [0.2, 0.25) is 0 Å². The lowest BCUT2D eigenvalue weighted by Gasteiger charge is -2.27. The molecule has 0 aromatic heterocycles. The van der Waals surface area contributed by atoms with Gasteiger partial charge in [-0.15, -0.1) is 0 Å². The van der Waals surface area contributed by atoms with Crippen molar-refractivity contribution < 1.29 is 14.6 Å². The smallest absolute Gasteiger partial charge is 0.410 e. The number of ether oxygens (including phenoxy) is 1. The number of likely N-dealkylation sites (tertiary alicyclic amines) is 1. The minimum absolute atomic E-state index is 0.00665. The van der Waals surface area contributed by atoms with Crippen LogP contribution in [0.5, 0.6) is 0 Å². The molecule has 1 N–H and O–H groups in total. The minimum atomic E-state index is -0.490. The van der Waals surface area contributed by atoms with Crippen LogP contribution >= 0.6 is 0 Å². The molecule has 0 spiro atoms. The summed E-state index contributed by atoms with van der Waals surface area (Å²) in [6.45, 7) is 8.12. The standard InChI is InChI=1S/C13H23NO3/c1-5-6-10-7-11(9-15)14(8-10)12(16)17-13(2,3)4/h5-6,10-11,15H,7-9H2,1-4H3/b6-5-/t10-,11+/m1/s1. The van der Waals surface area contributed by atoms with Crippen molar-refractivity contribution in [3.05, 3.63) is 12.2 Å². The zero-order chi connectivity index (χ0) is 13.1. The van der Waals surface area contributed by atoms with Crippen molar-refractivity contribution in [1.29, 1.82) is 0 Å². The van der Waals surface area contributed by atoms with E-state index in [-0.39, 0.29) is 18.7 Å². The van der Waals surface area contributed by atoms with Crippen LogP contribution in [-0.4, -0.2) is 40.9 Å². The molecule has 0 aromatic rings. The molecule has 2 atom stereocenters. The van der Waals surface area contributed by atoms with E-state index in [9.17, 15) is 9.90 Å². The molecule has 0 bridgehead atoms. The van der Waals surface area contributed by atoms with Crippen LogP contribution in [0, 0.1) is 5.92 Å². The highest BCUT2D eigenvalue weighted by Crippen LogP contribution is 2.26. The molecule has 1 rings (SSSR count). The normalized spacial score (nSPS) is 25.6. The second-order valence-electron chi connectivity index (χ2n) is 5.49. The molecule has 1 amide bonds. The second-order valence-corrected chi connectivity index (χ2v) is 5.49. The van der Waals surface area contributed by atoms with Crippen LogP contribution < -0.4 is 0 Å². The minimum Gasteiger partial charge on any atom is -0.444 e. The van der Waals surface area contributed by atoms with Crippen LogP contribution in [0.1, 0.15) is 34.1 Å². The lowest BCUT2D eigenvalue weighted by Crippen LogP contribution is -2.41. The van der Waals surface area contributed by atoms with E-state index in [1.807, 2.05) is 33.8 Å². The van der Waals surface area contributed by atoms with E-state index in [0.29, 0.717) is 12.5 Å². The molecule has 0 radical (unpaired) electrons. The number of nitrogens with zero attached hydrogens (tertiary/aromatic N) is 1. The zero-order valence-electron chi connectivity index (χ0n) is 11.1. The molecule has 0 unspecified atom stereocenters. The Balaban J connectivity index is 2.65. The summed E-state index contributed by atoms with van der Waals surface area (Å²) in [7, 11) is 0. The molecule has 17 heavy (non-hydrogen) atoms. The van der Waals surface area contributed by atoms with Crippen LogP contribution in [0.3, 0.4) is 0 Å². The Bertz CT molecular complexity index is 294. The second kappa shape index (κ2) is 5.54. The van der Waals surface area contributed by atoms with Crippen LogP contribution in [-0.2, 0) is 4.74 Å². The molecule has 0 saturated carbocycles. The molecule has 1 aliphatic heterocycles. The summed E-state index contributed by atoms with van der Waals surface area (Å²) in [5, 5.41) is 9.30. The van der Waals surface area contributed by atoms with Gasteiger partial charge < -0.3 is 14.7 Å². The predicted octanol–water partition coefficient (Wildman–Crippen LogP) is 2.18. The van der Waals surface area contributed by atoms with Crippen molar-refractivity contribution >= 4 is 6.09 Å². The average Bonchev–Trinajstić information content (AvgIpc) is 2.59. The first-order valence-electron chi connectivity index (χ1n) is 6.10. The fourth-order valence-corrected chi connectivity index (χ4v) is 2.08. The maximum absolute atomic E-state index is 11.9. The van der Waals surface area contributed by atoms with Gasteiger partial charge in [0.2, 0.25) is 0 Å². The molecule has 4 heteroatoms. The number of carbonyl (C=O) groups is 1. The van der Waals surface area contributed by atoms with Crippen molar-refractivity contribution in [3.63, 3.8) is 0 Å². The van der Waals surface area contributed by atoms with Gasteiger partial charge in [-0.2, -0.15) is 0 Å². The molecule has 1 fully saturated rings. The fourth-order valence-electron chi connectivity index (χ4n) is 2.08. The first-order chi connectivity index (χ1) is 7.87. The summed E-state index contributed by atoms with van der Waals surface area (Å²) in [5.41, 5.74) is -0.490. The van der Waals surface area contributed by atoms with Crippen molar-refractivity contribution in [1.82, 2.24) is 4.90 Å². The Morgan fingerprint density at radius 1 is 1.53 bits per heavy atom. The highest BCUT2D eigenvalue weighted by Gasteiger charge is 2.35. The van der Waals surface area contributed by atoms with E-state index >= 15 is 0 Å². The van der Waals surface area contributed by atoms with Gasteiger partial charge in [0.15, 0.2) is 0 Å². The molecular weight excluding hydrogens is 218 g/mol. The maximum atomic E-state index is 11.9. The van der Waals surface area contributed by atoms with Crippen LogP contribution in [0.25, 0.3) is 0 Å². The number of aliphatic hydroxyl groups is 1. The highest BCUT2D eigenvalue weighted by molar-refractivity contribution is 5.69. The van der Waals surface area contributed by atoms with Crippen molar-refractivity contribution in [2.24, 2.45) is 5.92 Å². The molecule has 0 aromatic carbocycles. The number of rotatable bonds is 2. The molecule has 4 nitrogen and oxygen atoms in total. The summed E-state index contributed by atoms with van der Waals surface area (Å²) >= 11 is 0. The number of hydrogen-bond donors (Lipinski definition) is 1. The van der Waals surface area contributed by atoms with E-state index in [1.165, 1.54) is 0 Å². The fraction of sp³-hybridized carbons (Fsp3) is 0.769. The van der Waals surface area contributed by atoms with Gasteiger partial charge in [0.1, 0.15) is 5.60 Å². The summed E-state index contributed by atoms with van der Waals surface area (Å²) < 4.78 is 5.33. The quantitative estimate of drug-likeness (QED) is 0.754. The number of amides is 1. The van der Waals surface area contributed by atoms with Gasteiger partial charge in [0.25, 0.3) is 0 Å². The van der Waals surface area contributed by atoms with E-state index in [4.69, 9.17) is 4.74 Å². The Morgan fingerprint density at radius 3 is 2.65 bits per heavy atom. The highest BCUT2D eigenvalue weighted by atomic mass is 16.6. The first kappa shape index (κ1) is 14.0. The molecule has 1 saturated heterocycles. The monoisotopic (exact) mass is 241 g/mol. The average molecular weight is 241 g/mol. The third-order valence-corrected chi connectivity index (χ3v) is 2.75. The summed E-state index contributed by atoms with van der Waals surface area (Å²) in [5.74, 6) is 0.324. The maximum Gasteiger partial charge on any atom is 0.410 e. The van der Waals surface area contributed by atoms with E-state index in [1.54, 1.807) is 4.90 Å². The van der Waals surface area contributed by atoms with E-state index in [2.05, 4.69) is 6.08 Å². The van der Waals surface area contributed by atoms with Crippen molar-refractivity contribution in [2.75, 3.05) is 13.2 Å². The topological polar surface area (TPSA) is 49.8 Å². The van der Waals surface area contributed by atoms with Gasteiger partial charge in [-0.05, 0) is 40.0 Å². The molecule has 1 aliphatic rings. The largest absolute Gasteiger partial charge is 0.444 e. The molecule has 0 aliphatic carbocycles. The molecular formula is C13H23NO3. The number of carbonyl (C=O) groups excluding carboxylic acids is 1. The van der Waals surface area contributed by atoms with Crippen LogP contribution in [0.4, 0.5) is 4.79 Å². The van der Waals surface area contributed by atoms with Crippen molar-refractivity contribution in [2.45, 2.75) is 45.8 Å². The lowest BCUT2D eigenvalue weighted by atomic mass is 10.1. The van der Waals surface area contributed by atoms with Gasteiger partial charge in [-0.3, -0.25) is 0 Å². The first-order valence-corrected chi connectivity index (χ1v) is 6.10. The molecule has 98 valence electrons. The molecule has 1 heterocycles. The van der Waals surface area contributed by atoms with Gasteiger partial charge in [0.05, 0.1) is 12.6 Å². The lowest BCUT2D eigenvalue weighted by molar-refractivity contribution is 0.0174. The summed E-state index contributed by atoms with van der Waals surface area (Å²) in [6.07, 6.45) is 4.54. The predicted molar refractivity (Wildman–Crippen MR) is 66.7 cm³/mol. The number of hydrogen-bond acceptors (Lipinski definition) is 3. The van der Waals surface area contributed by atoms with Gasteiger partial charge in [-0.25, -0.2) is 4.79 Å². The third-order valence-electron chi connectivity index (χ3n) is 2.75. The zero-order valence-corrected chi connectivity index (χ0v) is 11.1. The van der Waals surface area contributed by atoms with E-state index < -0.39 is 5.60 Å². The van der Waals surface area contributed by atoms with Crippen molar-refractivity contribution in [3.8, 4) is 0 Å². The van der Waals surface area contributed by atoms with E-state index in [0.717, 1.165) is 6.42 Å². The van der Waals surface area contributed by atoms with Gasteiger partial charge in [-0.1, -0.05) is 12.2 Å². The Labute approximate surface area is 103 Å².